The van der Waals surface area contributed by atoms with Gasteiger partial charge in [-0.15, -0.1) is 11.8 Å². The van der Waals surface area contributed by atoms with Crippen LogP contribution in [0.5, 0.6) is 0 Å². The van der Waals surface area contributed by atoms with Gasteiger partial charge in [-0.1, -0.05) is 20.8 Å². The topological polar surface area (TPSA) is 29.1 Å². The van der Waals surface area contributed by atoms with Crippen LogP contribution >= 0.6 is 11.8 Å². The van der Waals surface area contributed by atoms with Gasteiger partial charge in [0.2, 0.25) is 5.91 Å². The Morgan fingerprint density at radius 2 is 1.62 bits per heavy atom. The zero-order valence-corrected chi connectivity index (χ0v) is 14.9. The highest BCUT2D eigenvalue weighted by Gasteiger charge is 2.53. The zero-order valence-electron chi connectivity index (χ0n) is 14.1. The first-order valence-corrected chi connectivity index (χ1v) is 9.68. The van der Waals surface area contributed by atoms with Crippen molar-refractivity contribution in [1.82, 2.24) is 5.32 Å². The molecule has 4 rings (SSSR count). The van der Waals surface area contributed by atoms with Gasteiger partial charge in [0.1, 0.15) is 0 Å². The van der Waals surface area contributed by atoms with E-state index in [-0.39, 0.29) is 10.7 Å². The highest BCUT2D eigenvalue weighted by atomic mass is 32.2. The van der Waals surface area contributed by atoms with Gasteiger partial charge in [0.15, 0.2) is 0 Å². The Morgan fingerprint density at radius 1 is 1.14 bits per heavy atom. The lowest BCUT2D eigenvalue weighted by atomic mass is 9.48. The maximum Gasteiger partial charge on any atom is 0.230 e. The van der Waals surface area contributed by atoms with Crippen molar-refractivity contribution >= 4 is 17.7 Å². The zero-order chi connectivity index (χ0) is 15.3. The molecule has 1 atom stereocenters. The van der Waals surface area contributed by atoms with Crippen LogP contribution < -0.4 is 5.32 Å². The number of thioether (sulfide) groups is 1. The van der Waals surface area contributed by atoms with E-state index >= 15 is 0 Å². The Labute approximate surface area is 134 Å². The molecule has 0 aromatic rings. The second kappa shape index (κ2) is 5.47. The number of carbonyl (C=O) groups is 1. The van der Waals surface area contributed by atoms with Crippen LogP contribution in [-0.4, -0.2) is 22.4 Å². The monoisotopic (exact) mass is 309 g/mol. The van der Waals surface area contributed by atoms with Crippen LogP contribution in [0.2, 0.25) is 0 Å². The SMILES string of the molecule is CC(NC(=O)CSC(C)(C)C)C12CC3CC(CC(C3)C1)C2. The third kappa shape index (κ3) is 3.43. The van der Waals surface area contributed by atoms with Gasteiger partial charge in [-0.2, -0.15) is 0 Å². The smallest absolute Gasteiger partial charge is 0.230 e. The van der Waals surface area contributed by atoms with Crippen molar-refractivity contribution in [1.29, 1.82) is 0 Å². The molecule has 4 aliphatic carbocycles. The van der Waals surface area contributed by atoms with E-state index in [1.807, 2.05) is 0 Å². The number of nitrogens with one attached hydrogen (secondary N) is 1. The maximum atomic E-state index is 12.3. The summed E-state index contributed by atoms with van der Waals surface area (Å²) in [6.45, 7) is 8.79. The van der Waals surface area contributed by atoms with Crippen LogP contribution in [0.15, 0.2) is 0 Å². The Hall–Kier alpha value is -0.180. The number of carbonyl (C=O) groups excluding carboxylic acids is 1. The van der Waals surface area contributed by atoms with Crippen molar-refractivity contribution in [3.63, 3.8) is 0 Å². The van der Waals surface area contributed by atoms with Crippen LogP contribution in [0.3, 0.4) is 0 Å². The van der Waals surface area contributed by atoms with E-state index < -0.39 is 0 Å². The fourth-order valence-corrected chi connectivity index (χ4v) is 6.07. The van der Waals surface area contributed by atoms with E-state index in [2.05, 4.69) is 33.0 Å². The highest BCUT2D eigenvalue weighted by Crippen LogP contribution is 2.61. The highest BCUT2D eigenvalue weighted by molar-refractivity contribution is 8.01. The average Bonchev–Trinajstić information content (AvgIpc) is 2.34. The summed E-state index contributed by atoms with van der Waals surface area (Å²) in [7, 11) is 0. The number of amides is 1. The lowest BCUT2D eigenvalue weighted by Gasteiger charge is -2.59. The molecule has 0 aromatic carbocycles. The largest absolute Gasteiger partial charge is 0.352 e. The van der Waals surface area contributed by atoms with Crippen LogP contribution in [0.1, 0.15) is 66.2 Å². The Bertz CT molecular complexity index is 377. The van der Waals surface area contributed by atoms with E-state index in [1.165, 1.54) is 38.5 Å². The molecule has 2 nitrogen and oxygen atoms in total. The third-order valence-corrected chi connectivity index (χ3v) is 7.29. The molecular formula is C18H31NOS. The lowest BCUT2D eigenvalue weighted by Crippen LogP contribution is -2.56. The molecule has 4 aliphatic rings. The molecule has 4 saturated carbocycles. The van der Waals surface area contributed by atoms with Crippen LogP contribution in [-0.2, 0) is 4.79 Å². The molecule has 1 N–H and O–H groups in total. The standard InChI is InChI=1S/C18H31NOS/c1-12(19-16(20)11-21-17(2,3)4)18-8-13-5-14(9-18)7-15(6-13)10-18/h12-15H,5-11H2,1-4H3,(H,19,20). The maximum absolute atomic E-state index is 12.3. The second-order valence-electron chi connectivity index (χ2n) is 8.97. The summed E-state index contributed by atoms with van der Waals surface area (Å²) < 4.78 is 0.168. The van der Waals surface area contributed by atoms with Crippen molar-refractivity contribution in [3.05, 3.63) is 0 Å². The molecule has 0 radical (unpaired) electrons. The minimum absolute atomic E-state index is 0.168. The number of hydrogen-bond donors (Lipinski definition) is 1. The van der Waals surface area contributed by atoms with Crippen molar-refractivity contribution < 1.29 is 4.79 Å². The average molecular weight is 310 g/mol. The van der Waals surface area contributed by atoms with Crippen molar-refractivity contribution in [2.45, 2.75) is 77.0 Å². The summed E-state index contributed by atoms with van der Waals surface area (Å²) in [5.41, 5.74) is 0.427. The number of rotatable bonds is 4. The minimum Gasteiger partial charge on any atom is -0.352 e. The van der Waals surface area contributed by atoms with Crippen molar-refractivity contribution in [2.75, 3.05) is 5.75 Å². The summed E-state index contributed by atoms with van der Waals surface area (Å²) in [5, 5.41) is 3.35. The summed E-state index contributed by atoms with van der Waals surface area (Å²) in [6.07, 6.45) is 8.52. The van der Waals surface area contributed by atoms with E-state index in [0.29, 0.717) is 17.2 Å². The van der Waals surface area contributed by atoms with Gasteiger partial charge >= 0.3 is 0 Å². The van der Waals surface area contributed by atoms with Crippen LogP contribution in [0.4, 0.5) is 0 Å². The van der Waals surface area contributed by atoms with Gasteiger partial charge < -0.3 is 5.32 Å². The van der Waals surface area contributed by atoms with Gasteiger partial charge in [-0.3, -0.25) is 4.79 Å². The molecule has 0 aliphatic heterocycles. The van der Waals surface area contributed by atoms with Gasteiger partial charge in [-0.25, -0.2) is 0 Å². The molecule has 0 spiro atoms. The van der Waals surface area contributed by atoms with Crippen LogP contribution in [0, 0.1) is 23.2 Å². The van der Waals surface area contributed by atoms with Gasteiger partial charge in [-0.05, 0) is 68.6 Å². The van der Waals surface area contributed by atoms with Crippen molar-refractivity contribution in [2.24, 2.45) is 23.2 Å². The van der Waals surface area contributed by atoms with Gasteiger partial charge in [0.25, 0.3) is 0 Å². The molecule has 1 amide bonds. The van der Waals surface area contributed by atoms with E-state index in [4.69, 9.17) is 0 Å². The third-order valence-electron chi connectivity index (χ3n) is 6.02. The normalized spacial score (nSPS) is 39.3. The fourth-order valence-electron chi connectivity index (χ4n) is 5.43. The molecule has 120 valence electrons. The molecule has 4 bridgehead atoms. The fraction of sp³-hybridized carbons (Fsp3) is 0.944. The Balaban J connectivity index is 1.58. The minimum atomic E-state index is 0.168. The number of hydrogen-bond acceptors (Lipinski definition) is 2. The summed E-state index contributed by atoms with van der Waals surface area (Å²) in [4.78, 5) is 12.3. The molecule has 3 heteroatoms. The van der Waals surface area contributed by atoms with E-state index in [0.717, 1.165) is 17.8 Å². The second-order valence-corrected chi connectivity index (χ2v) is 10.8. The van der Waals surface area contributed by atoms with Crippen LogP contribution in [0.25, 0.3) is 0 Å². The van der Waals surface area contributed by atoms with E-state index in [9.17, 15) is 4.79 Å². The molecule has 0 heterocycles. The first-order valence-electron chi connectivity index (χ1n) is 8.69. The summed E-state index contributed by atoms with van der Waals surface area (Å²) >= 11 is 1.75. The molecule has 1 unspecified atom stereocenters. The predicted octanol–water partition coefficient (Wildman–Crippen LogP) is 4.24. The van der Waals surface area contributed by atoms with E-state index in [1.54, 1.807) is 11.8 Å². The first kappa shape index (κ1) is 15.7. The summed E-state index contributed by atoms with van der Waals surface area (Å²) in [5.74, 6) is 3.71. The Kier molecular flexibility index (Phi) is 4.09. The molecule has 0 aromatic heterocycles. The Morgan fingerprint density at radius 3 is 2.05 bits per heavy atom. The molecule has 21 heavy (non-hydrogen) atoms. The van der Waals surface area contributed by atoms with Gasteiger partial charge in [0.05, 0.1) is 5.75 Å². The lowest BCUT2D eigenvalue weighted by molar-refractivity contribution is -0.123. The van der Waals surface area contributed by atoms with Gasteiger partial charge in [0, 0.05) is 10.8 Å². The predicted molar refractivity (Wildman–Crippen MR) is 90.4 cm³/mol. The quantitative estimate of drug-likeness (QED) is 0.841. The van der Waals surface area contributed by atoms with Crippen molar-refractivity contribution in [3.8, 4) is 0 Å². The molecule has 0 saturated heterocycles. The molecular weight excluding hydrogens is 278 g/mol. The first-order chi connectivity index (χ1) is 9.76. The summed E-state index contributed by atoms with van der Waals surface area (Å²) in [6, 6.07) is 0.360. The molecule has 4 fully saturated rings.